The zero-order valence-corrected chi connectivity index (χ0v) is 18.7. The van der Waals surface area contributed by atoms with Crippen molar-refractivity contribution in [1.82, 2.24) is 19.2 Å². The van der Waals surface area contributed by atoms with Gasteiger partial charge in [0.05, 0.1) is 5.69 Å². The van der Waals surface area contributed by atoms with Crippen molar-refractivity contribution in [2.24, 2.45) is 0 Å². The van der Waals surface area contributed by atoms with Gasteiger partial charge in [0.1, 0.15) is 5.65 Å². The van der Waals surface area contributed by atoms with E-state index in [4.69, 9.17) is 4.98 Å². The Morgan fingerprint density at radius 2 is 1.58 bits per heavy atom. The summed E-state index contributed by atoms with van der Waals surface area (Å²) in [6.45, 7) is 5.58. The summed E-state index contributed by atoms with van der Waals surface area (Å²) >= 11 is 0. The lowest BCUT2D eigenvalue weighted by atomic mass is 10.0. The summed E-state index contributed by atoms with van der Waals surface area (Å²) in [6.07, 6.45) is 4.64. The zero-order valence-electron chi connectivity index (χ0n) is 18.7. The average molecular weight is 440 g/mol. The molecule has 0 aliphatic carbocycles. The van der Waals surface area contributed by atoms with E-state index in [0.29, 0.717) is 6.42 Å². The third-order valence-electron chi connectivity index (χ3n) is 6.21. The minimum atomic E-state index is 0.0607. The topological polar surface area (TPSA) is 52.9 Å². The van der Waals surface area contributed by atoms with Gasteiger partial charge in [0.2, 0.25) is 5.91 Å². The second-order valence-corrected chi connectivity index (χ2v) is 8.53. The molecule has 6 nitrogen and oxygen atoms in total. The lowest BCUT2D eigenvalue weighted by molar-refractivity contribution is -0.116. The van der Waals surface area contributed by atoms with E-state index < -0.39 is 0 Å². The number of para-hydroxylation sites is 1. The molecule has 4 aromatic rings. The number of carbonyl (C=O) groups is 1. The van der Waals surface area contributed by atoms with Crippen LogP contribution in [0.15, 0.2) is 85.2 Å². The molecule has 33 heavy (non-hydrogen) atoms. The molecule has 1 aliphatic heterocycles. The molecule has 3 heterocycles. The zero-order chi connectivity index (χ0) is 22.5. The standard InChI is InChI=1S/C27H29N5O/c33-27(29-25-11-5-4-10-24(25)22-8-2-1-3-9-22)13-15-30-16-18-31(19-17-30)20-23-21-32-14-7-6-12-26(32)28-23/h1-12,14,21H,13,15-20H2,(H,29,33). The lowest BCUT2D eigenvalue weighted by Gasteiger charge is -2.34. The van der Waals surface area contributed by atoms with Gasteiger partial charge < -0.3 is 14.6 Å². The van der Waals surface area contributed by atoms with Crippen molar-refractivity contribution in [3.05, 3.63) is 90.9 Å². The van der Waals surface area contributed by atoms with Crippen LogP contribution >= 0.6 is 0 Å². The molecule has 0 bridgehead atoms. The van der Waals surface area contributed by atoms with E-state index in [1.807, 2.05) is 66.9 Å². The predicted molar refractivity (Wildman–Crippen MR) is 132 cm³/mol. The molecule has 0 saturated carbocycles. The largest absolute Gasteiger partial charge is 0.325 e. The SMILES string of the molecule is O=C(CCN1CCN(Cc2cn3ccccc3n2)CC1)Nc1ccccc1-c1ccccc1. The van der Waals surface area contributed by atoms with Crippen molar-refractivity contribution in [2.45, 2.75) is 13.0 Å². The van der Waals surface area contributed by atoms with Gasteiger partial charge in [-0.15, -0.1) is 0 Å². The Hall–Kier alpha value is -3.48. The van der Waals surface area contributed by atoms with Gasteiger partial charge in [0.15, 0.2) is 0 Å². The van der Waals surface area contributed by atoms with Crippen molar-refractivity contribution >= 4 is 17.2 Å². The Morgan fingerprint density at radius 1 is 0.848 bits per heavy atom. The summed E-state index contributed by atoms with van der Waals surface area (Å²) < 4.78 is 2.07. The predicted octanol–water partition coefficient (Wildman–Crippen LogP) is 4.15. The second kappa shape index (κ2) is 9.98. The number of aromatic nitrogens is 2. The van der Waals surface area contributed by atoms with Crippen LogP contribution in [0, 0.1) is 0 Å². The van der Waals surface area contributed by atoms with E-state index in [2.05, 4.69) is 37.8 Å². The summed E-state index contributed by atoms with van der Waals surface area (Å²) in [5.74, 6) is 0.0607. The first-order valence-corrected chi connectivity index (χ1v) is 11.6. The first-order chi connectivity index (χ1) is 16.2. The van der Waals surface area contributed by atoms with Crippen molar-refractivity contribution < 1.29 is 4.79 Å². The minimum Gasteiger partial charge on any atom is -0.325 e. The number of hydrogen-bond acceptors (Lipinski definition) is 4. The number of anilines is 1. The highest BCUT2D eigenvalue weighted by molar-refractivity contribution is 5.95. The molecule has 0 radical (unpaired) electrons. The highest BCUT2D eigenvalue weighted by Crippen LogP contribution is 2.27. The fourth-order valence-corrected chi connectivity index (χ4v) is 4.40. The lowest BCUT2D eigenvalue weighted by Crippen LogP contribution is -2.46. The van der Waals surface area contributed by atoms with Crippen LogP contribution in [0.5, 0.6) is 0 Å². The van der Waals surface area contributed by atoms with E-state index in [9.17, 15) is 4.79 Å². The van der Waals surface area contributed by atoms with Gasteiger partial charge in [-0.05, 0) is 23.8 Å². The fourth-order valence-electron chi connectivity index (χ4n) is 4.40. The van der Waals surface area contributed by atoms with Gasteiger partial charge in [0.25, 0.3) is 0 Å². The summed E-state index contributed by atoms with van der Waals surface area (Å²) in [5, 5.41) is 3.12. The molecular weight excluding hydrogens is 410 g/mol. The highest BCUT2D eigenvalue weighted by Gasteiger charge is 2.19. The van der Waals surface area contributed by atoms with Gasteiger partial charge in [-0.25, -0.2) is 4.98 Å². The summed E-state index contributed by atoms with van der Waals surface area (Å²) in [5.41, 5.74) is 5.12. The highest BCUT2D eigenvalue weighted by atomic mass is 16.1. The van der Waals surface area contributed by atoms with Crippen LogP contribution in [0.1, 0.15) is 12.1 Å². The number of rotatable bonds is 7. The van der Waals surface area contributed by atoms with Crippen molar-refractivity contribution in [3.8, 4) is 11.1 Å². The number of benzene rings is 2. The maximum absolute atomic E-state index is 12.7. The van der Waals surface area contributed by atoms with Crippen molar-refractivity contribution in [3.63, 3.8) is 0 Å². The number of nitrogens with zero attached hydrogens (tertiary/aromatic N) is 4. The Bertz CT molecular complexity index is 1180. The fraction of sp³-hybridized carbons (Fsp3) is 0.259. The molecule has 1 amide bonds. The number of nitrogens with one attached hydrogen (secondary N) is 1. The van der Waals surface area contributed by atoms with E-state index in [1.165, 1.54) is 0 Å². The molecule has 1 aliphatic rings. The van der Waals surface area contributed by atoms with Crippen LogP contribution in [0.3, 0.4) is 0 Å². The van der Waals surface area contributed by atoms with Crippen LogP contribution in [0.25, 0.3) is 16.8 Å². The van der Waals surface area contributed by atoms with E-state index >= 15 is 0 Å². The monoisotopic (exact) mass is 439 g/mol. The van der Waals surface area contributed by atoms with Gasteiger partial charge in [-0.1, -0.05) is 54.6 Å². The number of fused-ring (bicyclic) bond motifs is 1. The van der Waals surface area contributed by atoms with Gasteiger partial charge in [-0.3, -0.25) is 9.69 Å². The second-order valence-electron chi connectivity index (χ2n) is 8.53. The maximum Gasteiger partial charge on any atom is 0.225 e. The first kappa shape index (κ1) is 21.4. The summed E-state index contributed by atoms with van der Waals surface area (Å²) in [7, 11) is 0. The first-order valence-electron chi connectivity index (χ1n) is 11.6. The summed E-state index contributed by atoms with van der Waals surface area (Å²) in [4.78, 5) is 22.2. The minimum absolute atomic E-state index is 0.0607. The molecule has 0 spiro atoms. The molecule has 168 valence electrons. The third-order valence-corrected chi connectivity index (χ3v) is 6.21. The van der Waals surface area contributed by atoms with Gasteiger partial charge >= 0.3 is 0 Å². The smallest absolute Gasteiger partial charge is 0.225 e. The number of carbonyl (C=O) groups excluding carboxylic acids is 1. The molecule has 1 fully saturated rings. The number of amides is 1. The molecule has 2 aromatic carbocycles. The van der Waals surface area contributed by atoms with Gasteiger partial charge in [-0.2, -0.15) is 0 Å². The van der Waals surface area contributed by atoms with Crippen molar-refractivity contribution in [2.75, 3.05) is 38.0 Å². The van der Waals surface area contributed by atoms with Gasteiger partial charge in [0, 0.05) is 69.3 Å². The summed E-state index contributed by atoms with van der Waals surface area (Å²) in [6, 6.07) is 24.2. The third kappa shape index (κ3) is 5.30. The molecule has 5 rings (SSSR count). The van der Waals surface area contributed by atoms with Crippen molar-refractivity contribution in [1.29, 1.82) is 0 Å². The normalized spacial score (nSPS) is 15.0. The van der Waals surface area contributed by atoms with Crippen LogP contribution in [-0.2, 0) is 11.3 Å². The Labute approximate surface area is 194 Å². The number of hydrogen-bond donors (Lipinski definition) is 1. The molecule has 2 aromatic heterocycles. The molecule has 0 unspecified atom stereocenters. The van der Waals surface area contributed by atoms with Crippen LogP contribution in [-0.4, -0.2) is 57.8 Å². The Balaban J connectivity index is 1.09. The van der Waals surface area contributed by atoms with E-state index in [1.54, 1.807) is 0 Å². The maximum atomic E-state index is 12.7. The number of pyridine rings is 1. The number of piperazine rings is 1. The van der Waals surface area contributed by atoms with Crippen LogP contribution in [0.2, 0.25) is 0 Å². The quantitative estimate of drug-likeness (QED) is 0.470. The van der Waals surface area contributed by atoms with E-state index in [-0.39, 0.29) is 5.91 Å². The Morgan fingerprint density at radius 3 is 2.39 bits per heavy atom. The van der Waals surface area contributed by atoms with Crippen LogP contribution < -0.4 is 5.32 Å². The average Bonchev–Trinajstić information content (AvgIpc) is 3.27. The molecule has 0 atom stereocenters. The molecule has 6 heteroatoms. The Kier molecular flexibility index (Phi) is 6.46. The van der Waals surface area contributed by atoms with E-state index in [0.717, 1.165) is 67.4 Å². The molecule has 1 saturated heterocycles. The number of imidazole rings is 1. The van der Waals surface area contributed by atoms with Crippen LogP contribution in [0.4, 0.5) is 5.69 Å². The molecular formula is C27H29N5O. The molecule has 1 N–H and O–H groups in total.